The van der Waals surface area contributed by atoms with Crippen LogP contribution in [-0.2, 0) is 11.3 Å². The number of carbonyl (C=O) groups excluding carboxylic acids is 1. The van der Waals surface area contributed by atoms with Gasteiger partial charge in [0.2, 0.25) is 0 Å². The van der Waals surface area contributed by atoms with Crippen LogP contribution in [0.15, 0.2) is 131 Å². The minimum Gasteiger partial charge on any atom is -0.534 e. The molecule has 3 heterocycles. The Morgan fingerprint density at radius 1 is 0.654 bits per heavy atom. The number of hydrogen-bond acceptors (Lipinski definition) is 6. The minimum absolute atomic E-state index is 0.145. The lowest BCUT2D eigenvalue weighted by molar-refractivity contribution is 0.149. The van der Waals surface area contributed by atoms with Gasteiger partial charge in [-0.3, -0.25) is 0 Å². The number of carbonyl (C=O) groups is 1. The molecule has 8 heteroatoms. The maximum Gasteiger partial charge on any atom is 0.419 e. The third kappa shape index (κ3) is 6.58. The molecular formula is C44H47N3O3SSi. The van der Waals surface area contributed by atoms with E-state index in [1.54, 1.807) is 16.7 Å². The average molecular weight is 726 g/mol. The zero-order valence-electron chi connectivity index (χ0n) is 30.4. The summed E-state index contributed by atoms with van der Waals surface area (Å²) in [6, 6.07) is 42.4. The Morgan fingerprint density at radius 3 is 1.60 bits per heavy atom. The summed E-state index contributed by atoms with van der Waals surface area (Å²) >= 11 is 1.75. The molecule has 6 nitrogen and oxygen atoms in total. The summed E-state index contributed by atoms with van der Waals surface area (Å²) in [7, 11) is -2.76. The molecule has 0 aliphatic carbocycles. The lowest BCUT2D eigenvalue weighted by Gasteiger charge is -2.43. The monoisotopic (exact) mass is 725 g/mol. The predicted molar refractivity (Wildman–Crippen MR) is 217 cm³/mol. The fourth-order valence-electron chi connectivity index (χ4n) is 8.02. The van der Waals surface area contributed by atoms with Crippen molar-refractivity contribution in [3.8, 4) is 5.75 Å². The third-order valence-electron chi connectivity index (χ3n) is 10.7. The van der Waals surface area contributed by atoms with E-state index in [0.717, 1.165) is 58.7 Å². The number of hydrogen-bond donors (Lipinski definition) is 0. The first-order chi connectivity index (χ1) is 25.3. The maximum atomic E-state index is 14.1. The molecule has 3 aliphatic rings. The summed E-state index contributed by atoms with van der Waals surface area (Å²) < 4.78 is 13.3. The van der Waals surface area contributed by atoms with Crippen LogP contribution >= 0.6 is 11.8 Å². The van der Waals surface area contributed by atoms with Gasteiger partial charge in [-0.1, -0.05) is 105 Å². The Bertz CT molecular complexity index is 1920. The first-order valence-corrected chi connectivity index (χ1v) is 21.3. The van der Waals surface area contributed by atoms with E-state index < -0.39 is 8.32 Å². The van der Waals surface area contributed by atoms with Crippen LogP contribution in [0.2, 0.25) is 5.04 Å². The van der Waals surface area contributed by atoms with Crippen LogP contribution in [-0.4, -0.2) is 40.6 Å². The number of amides is 1. The van der Waals surface area contributed by atoms with Crippen LogP contribution in [0.1, 0.15) is 52.0 Å². The van der Waals surface area contributed by atoms with Gasteiger partial charge in [-0.25, -0.2) is 9.69 Å². The van der Waals surface area contributed by atoms with Crippen molar-refractivity contribution in [1.82, 2.24) is 0 Å². The highest BCUT2D eigenvalue weighted by Gasteiger charge is 2.52. The van der Waals surface area contributed by atoms with E-state index in [1.807, 2.05) is 24.3 Å². The SMILES string of the molecule is CC(C)(C)[Si](Oc1ccc(COC(=O)N2c3ccc(N4CCCC4)cc3Sc3cc(N4CCCC4)ccc32)cc1)(c1ccccc1)c1ccccc1. The largest absolute Gasteiger partial charge is 0.534 e. The molecular weight excluding hydrogens is 679 g/mol. The van der Waals surface area contributed by atoms with Crippen molar-refractivity contribution < 1.29 is 14.0 Å². The van der Waals surface area contributed by atoms with Crippen molar-refractivity contribution in [3.05, 3.63) is 127 Å². The molecule has 5 aromatic rings. The Kier molecular flexibility index (Phi) is 9.53. The summed E-state index contributed by atoms with van der Waals surface area (Å²) in [5, 5.41) is 2.31. The topological polar surface area (TPSA) is 45.3 Å². The van der Waals surface area contributed by atoms with Gasteiger partial charge in [-0.15, -0.1) is 0 Å². The van der Waals surface area contributed by atoms with Crippen molar-refractivity contribution >= 4 is 59.3 Å². The van der Waals surface area contributed by atoms with Crippen molar-refractivity contribution in [2.45, 2.75) is 67.9 Å². The maximum absolute atomic E-state index is 14.1. The van der Waals surface area contributed by atoms with Crippen molar-refractivity contribution in [3.63, 3.8) is 0 Å². The Balaban J connectivity index is 1.05. The molecule has 2 fully saturated rings. The van der Waals surface area contributed by atoms with E-state index in [9.17, 15) is 4.79 Å². The molecule has 8 rings (SSSR count). The van der Waals surface area contributed by atoms with E-state index in [1.165, 1.54) is 47.4 Å². The zero-order chi connectivity index (χ0) is 35.7. The molecule has 0 spiro atoms. The van der Waals surface area contributed by atoms with Crippen LogP contribution in [0.25, 0.3) is 0 Å². The molecule has 0 unspecified atom stereocenters. The van der Waals surface area contributed by atoms with Crippen LogP contribution in [0.4, 0.5) is 27.5 Å². The smallest absolute Gasteiger partial charge is 0.419 e. The highest BCUT2D eigenvalue weighted by molar-refractivity contribution is 7.99. The first-order valence-electron chi connectivity index (χ1n) is 18.6. The highest BCUT2D eigenvalue weighted by atomic mass is 32.2. The van der Waals surface area contributed by atoms with Crippen LogP contribution < -0.4 is 29.5 Å². The quantitative estimate of drug-likeness (QED) is 0.149. The zero-order valence-corrected chi connectivity index (χ0v) is 32.2. The normalized spacial score (nSPS) is 15.7. The number of anilines is 4. The standard InChI is InChI=1S/C44H47N3O3SSi/c1-44(2,3)52(37-14-6-4-7-15-37,38-16-8-5-9-17-38)50-36-22-18-33(19-23-36)32-49-43(48)47-39-24-20-34(45-26-10-11-27-45)30-41(39)51-42-31-35(21-25-40(42)47)46-28-12-13-29-46/h4-9,14-25,30-31H,10-13,26-29,32H2,1-3H3. The number of nitrogens with zero attached hydrogens (tertiary/aromatic N) is 3. The number of ether oxygens (including phenoxy) is 1. The predicted octanol–water partition coefficient (Wildman–Crippen LogP) is 9.77. The van der Waals surface area contributed by atoms with Crippen molar-refractivity contribution in [1.29, 1.82) is 0 Å². The van der Waals surface area contributed by atoms with Gasteiger partial charge in [0.25, 0.3) is 0 Å². The molecule has 52 heavy (non-hydrogen) atoms. The van der Waals surface area contributed by atoms with E-state index in [-0.39, 0.29) is 17.7 Å². The molecule has 2 saturated heterocycles. The lowest BCUT2D eigenvalue weighted by Crippen LogP contribution is -2.68. The van der Waals surface area contributed by atoms with Crippen molar-refractivity contribution in [2.24, 2.45) is 0 Å². The van der Waals surface area contributed by atoms with Crippen LogP contribution in [0.3, 0.4) is 0 Å². The second kappa shape index (κ2) is 14.4. The molecule has 0 bridgehead atoms. The first kappa shape index (κ1) is 34.4. The Morgan fingerprint density at radius 2 is 1.13 bits per heavy atom. The van der Waals surface area contributed by atoms with Gasteiger partial charge in [0.05, 0.1) is 11.4 Å². The van der Waals surface area contributed by atoms with Gasteiger partial charge < -0.3 is 19.0 Å². The van der Waals surface area contributed by atoms with Gasteiger partial charge in [-0.05, 0) is 95.2 Å². The van der Waals surface area contributed by atoms with Gasteiger partial charge in [0, 0.05) is 47.3 Å². The summed E-state index contributed by atoms with van der Waals surface area (Å²) in [6.07, 6.45) is 4.50. The summed E-state index contributed by atoms with van der Waals surface area (Å²) in [5.41, 5.74) is 5.08. The van der Waals surface area contributed by atoms with Gasteiger partial charge >= 0.3 is 14.4 Å². The number of rotatable bonds is 8. The summed E-state index contributed by atoms with van der Waals surface area (Å²) in [4.78, 5) is 22.9. The van der Waals surface area contributed by atoms with Gasteiger partial charge in [-0.2, -0.15) is 0 Å². The van der Waals surface area contributed by atoms with Gasteiger partial charge in [0.1, 0.15) is 12.4 Å². The van der Waals surface area contributed by atoms with E-state index in [4.69, 9.17) is 9.16 Å². The molecule has 0 aromatic heterocycles. The third-order valence-corrected chi connectivity index (χ3v) is 16.7. The number of fused-ring (bicyclic) bond motifs is 2. The molecule has 0 N–H and O–H groups in total. The van der Waals surface area contributed by atoms with Crippen LogP contribution in [0.5, 0.6) is 5.75 Å². The van der Waals surface area contributed by atoms with Gasteiger partial charge in [0.15, 0.2) is 0 Å². The highest BCUT2D eigenvalue weighted by Crippen LogP contribution is 2.51. The molecule has 0 saturated carbocycles. The molecule has 266 valence electrons. The molecule has 3 aliphatic heterocycles. The molecule has 1 amide bonds. The second-order valence-electron chi connectivity index (χ2n) is 15.1. The molecule has 0 radical (unpaired) electrons. The second-order valence-corrected chi connectivity index (χ2v) is 20.4. The minimum atomic E-state index is -2.76. The van der Waals surface area contributed by atoms with E-state index in [2.05, 4.69) is 128 Å². The fraction of sp³-hybridized carbons (Fsp3) is 0.295. The average Bonchev–Trinajstić information content (AvgIpc) is 3.92. The summed E-state index contributed by atoms with van der Waals surface area (Å²) in [6.45, 7) is 11.3. The van der Waals surface area contributed by atoms with E-state index in [0.29, 0.717) is 0 Å². The lowest BCUT2D eigenvalue weighted by atomic mass is 10.2. The Hall–Kier alpha value is -4.66. The fourth-order valence-corrected chi connectivity index (χ4v) is 13.6. The molecule has 0 atom stereocenters. The molecule has 5 aromatic carbocycles. The van der Waals surface area contributed by atoms with E-state index >= 15 is 0 Å². The van der Waals surface area contributed by atoms with Crippen LogP contribution in [0, 0.1) is 0 Å². The summed E-state index contributed by atoms with van der Waals surface area (Å²) in [5.74, 6) is 0.808. The number of benzene rings is 5. The Labute approximate surface area is 313 Å². The van der Waals surface area contributed by atoms with Crippen molar-refractivity contribution in [2.75, 3.05) is 40.9 Å².